The summed E-state index contributed by atoms with van der Waals surface area (Å²) in [6, 6.07) is 0. The van der Waals surface area contributed by atoms with Crippen molar-refractivity contribution in [2.75, 3.05) is 6.61 Å². The van der Waals surface area contributed by atoms with E-state index < -0.39 is 12.0 Å². The Morgan fingerprint density at radius 3 is 2.54 bits per heavy atom. The largest absolute Gasteiger partial charge is 0.394 e. The van der Waals surface area contributed by atoms with Crippen molar-refractivity contribution in [2.24, 2.45) is 5.73 Å². The summed E-state index contributed by atoms with van der Waals surface area (Å²) >= 11 is 0. The molecule has 4 atom stereocenters. The minimum Gasteiger partial charge on any atom is -0.394 e. The summed E-state index contributed by atoms with van der Waals surface area (Å²) in [5.41, 5.74) is 5.67. The first-order chi connectivity index (χ1) is 6.03. The SMILES string of the molecule is CC1(C)O[C@@H]2[C@H](O1)[C@@H](N)O[C@H]2CO. The fourth-order valence-corrected chi connectivity index (χ4v) is 1.86. The van der Waals surface area contributed by atoms with Crippen molar-refractivity contribution in [3.05, 3.63) is 0 Å². The molecule has 2 fully saturated rings. The highest BCUT2D eigenvalue weighted by Gasteiger charge is 2.53. The number of rotatable bonds is 1. The van der Waals surface area contributed by atoms with Gasteiger partial charge in [-0.05, 0) is 13.8 Å². The van der Waals surface area contributed by atoms with Crippen molar-refractivity contribution in [1.82, 2.24) is 0 Å². The molecule has 0 aromatic carbocycles. The van der Waals surface area contributed by atoms with Crippen molar-refractivity contribution in [3.8, 4) is 0 Å². The summed E-state index contributed by atoms with van der Waals surface area (Å²) in [5, 5.41) is 8.98. The average molecular weight is 189 g/mol. The summed E-state index contributed by atoms with van der Waals surface area (Å²) < 4.78 is 16.3. The monoisotopic (exact) mass is 189 g/mol. The summed E-state index contributed by atoms with van der Waals surface area (Å²) in [4.78, 5) is 0. The van der Waals surface area contributed by atoms with Crippen molar-refractivity contribution in [1.29, 1.82) is 0 Å². The predicted octanol–water partition coefficient (Wildman–Crippen LogP) is -0.818. The average Bonchev–Trinajstić information content (AvgIpc) is 2.47. The van der Waals surface area contributed by atoms with Crippen LogP contribution in [-0.4, -0.2) is 42.0 Å². The van der Waals surface area contributed by atoms with Gasteiger partial charge in [-0.25, -0.2) is 0 Å². The van der Waals surface area contributed by atoms with E-state index in [1.165, 1.54) is 0 Å². The van der Waals surface area contributed by atoms with Crippen LogP contribution >= 0.6 is 0 Å². The quantitative estimate of drug-likeness (QED) is 0.564. The topological polar surface area (TPSA) is 73.9 Å². The van der Waals surface area contributed by atoms with Crippen LogP contribution in [0.1, 0.15) is 13.8 Å². The van der Waals surface area contributed by atoms with Gasteiger partial charge in [0.05, 0.1) is 6.61 Å². The standard InChI is InChI=1S/C8H15NO4/c1-8(2)12-5-4(3-10)11-7(9)6(5)13-8/h4-7,10H,3,9H2,1-2H3/t4-,5-,6-,7-/m0/s1. The molecular weight excluding hydrogens is 174 g/mol. The van der Waals surface area contributed by atoms with Crippen LogP contribution in [0.25, 0.3) is 0 Å². The van der Waals surface area contributed by atoms with Crippen molar-refractivity contribution < 1.29 is 19.3 Å². The summed E-state index contributed by atoms with van der Waals surface area (Å²) in [6.45, 7) is 3.56. The highest BCUT2D eigenvalue weighted by Crippen LogP contribution is 2.36. The molecule has 76 valence electrons. The molecule has 5 nitrogen and oxygen atoms in total. The van der Waals surface area contributed by atoms with Gasteiger partial charge in [0.25, 0.3) is 0 Å². The Morgan fingerprint density at radius 2 is 1.92 bits per heavy atom. The Bertz CT molecular complexity index is 208. The summed E-state index contributed by atoms with van der Waals surface area (Å²) in [5.74, 6) is -0.621. The van der Waals surface area contributed by atoms with Gasteiger partial charge in [-0.3, -0.25) is 0 Å². The number of hydrogen-bond donors (Lipinski definition) is 2. The van der Waals surface area contributed by atoms with E-state index >= 15 is 0 Å². The van der Waals surface area contributed by atoms with Crippen LogP contribution in [0.4, 0.5) is 0 Å². The molecule has 0 radical (unpaired) electrons. The number of nitrogens with two attached hydrogens (primary N) is 1. The molecular formula is C8H15NO4. The molecule has 0 saturated carbocycles. The van der Waals surface area contributed by atoms with Gasteiger partial charge in [0.2, 0.25) is 0 Å². The van der Waals surface area contributed by atoms with Gasteiger partial charge in [0, 0.05) is 0 Å². The molecule has 0 amide bonds. The Kier molecular flexibility index (Phi) is 2.08. The lowest BCUT2D eigenvalue weighted by molar-refractivity contribution is -0.189. The van der Waals surface area contributed by atoms with Crippen LogP contribution in [0.3, 0.4) is 0 Å². The number of hydrogen-bond acceptors (Lipinski definition) is 5. The zero-order valence-corrected chi connectivity index (χ0v) is 7.77. The fraction of sp³-hybridized carbons (Fsp3) is 1.00. The van der Waals surface area contributed by atoms with E-state index in [1.807, 2.05) is 13.8 Å². The highest BCUT2D eigenvalue weighted by molar-refractivity contribution is 4.95. The van der Waals surface area contributed by atoms with Crippen LogP contribution in [0.5, 0.6) is 0 Å². The van der Waals surface area contributed by atoms with Crippen molar-refractivity contribution in [2.45, 2.75) is 44.2 Å². The molecule has 3 N–H and O–H groups in total. The fourth-order valence-electron chi connectivity index (χ4n) is 1.86. The lowest BCUT2D eigenvalue weighted by Crippen LogP contribution is -2.35. The number of aliphatic hydroxyl groups is 1. The van der Waals surface area contributed by atoms with Gasteiger partial charge < -0.3 is 25.1 Å². The number of fused-ring (bicyclic) bond motifs is 1. The maximum atomic E-state index is 8.98. The maximum Gasteiger partial charge on any atom is 0.164 e. The molecule has 0 spiro atoms. The molecule has 13 heavy (non-hydrogen) atoms. The van der Waals surface area contributed by atoms with E-state index in [0.29, 0.717) is 0 Å². The number of aliphatic hydroxyl groups excluding tert-OH is 1. The molecule has 0 aromatic heterocycles. The van der Waals surface area contributed by atoms with Gasteiger partial charge in [-0.15, -0.1) is 0 Å². The third kappa shape index (κ3) is 1.47. The third-order valence-corrected chi connectivity index (χ3v) is 2.37. The van der Waals surface area contributed by atoms with E-state index in [4.69, 9.17) is 25.1 Å². The molecule has 0 aromatic rings. The highest BCUT2D eigenvalue weighted by atomic mass is 16.8. The van der Waals surface area contributed by atoms with Crippen molar-refractivity contribution in [3.63, 3.8) is 0 Å². The van der Waals surface area contributed by atoms with E-state index in [1.54, 1.807) is 0 Å². The van der Waals surface area contributed by atoms with E-state index in [0.717, 1.165) is 0 Å². The second-order valence-electron chi connectivity index (χ2n) is 3.89. The van der Waals surface area contributed by atoms with Gasteiger partial charge in [0.1, 0.15) is 24.5 Å². The first-order valence-corrected chi connectivity index (χ1v) is 4.41. The van der Waals surface area contributed by atoms with E-state index in [-0.39, 0.29) is 24.9 Å². The smallest absolute Gasteiger partial charge is 0.164 e. The minimum absolute atomic E-state index is 0.0890. The lowest BCUT2D eigenvalue weighted by atomic mass is 10.1. The predicted molar refractivity (Wildman–Crippen MR) is 43.8 cm³/mol. The Hall–Kier alpha value is -0.200. The first-order valence-electron chi connectivity index (χ1n) is 4.41. The zero-order valence-electron chi connectivity index (χ0n) is 7.77. The van der Waals surface area contributed by atoms with Gasteiger partial charge in [0.15, 0.2) is 5.79 Å². The van der Waals surface area contributed by atoms with E-state index in [2.05, 4.69) is 0 Å². The molecule has 0 bridgehead atoms. The molecule has 2 rings (SSSR count). The molecule has 2 heterocycles. The molecule has 2 aliphatic rings. The van der Waals surface area contributed by atoms with Crippen LogP contribution in [-0.2, 0) is 14.2 Å². The normalized spacial score (nSPS) is 48.0. The second-order valence-corrected chi connectivity index (χ2v) is 3.89. The maximum absolute atomic E-state index is 8.98. The molecule has 0 aliphatic carbocycles. The van der Waals surface area contributed by atoms with Crippen LogP contribution < -0.4 is 5.73 Å². The van der Waals surface area contributed by atoms with Crippen LogP contribution in [0, 0.1) is 0 Å². The number of ether oxygens (including phenoxy) is 3. The van der Waals surface area contributed by atoms with Crippen molar-refractivity contribution >= 4 is 0 Å². The lowest BCUT2D eigenvalue weighted by Gasteiger charge is -2.21. The molecule has 5 heteroatoms. The Labute approximate surface area is 76.8 Å². The van der Waals surface area contributed by atoms with E-state index in [9.17, 15) is 0 Å². The minimum atomic E-state index is -0.621. The van der Waals surface area contributed by atoms with Crippen LogP contribution in [0.2, 0.25) is 0 Å². The van der Waals surface area contributed by atoms with Gasteiger partial charge in [-0.1, -0.05) is 0 Å². The second kappa shape index (κ2) is 2.90. The molecule has 2 aliphatic heterocycles. The third-order valence-electron chi connectivity index (χ3n) is 2.37. The van der Waals surface area contributed by atoms with Gasteiger partial charge in [-0.2, -0.15) is 0 Å². The summed E-state index contributed by atoms with van der Waals surface area (Å²) in [7, 11) is 0. The van der Waals surface area contributed by atoms with Crippen LogP contribution in [0.15, 0.2) is 0 Å². The summed E-state index contributed by atoms with van der Waals surface area (Å²) in [6.07, 6.45) is -1.35. The molecule has 0 unspecified atom stereocenters. The zero-order chi connectivity index (χ0) is 9.64. The molecule has 2 saturated heterocycles. The first kappa shape index (κ1) is 9.36. The Morgan fingerprint density at radius 1 is 1.31 bits per heavy atom. The Balaban J connectivity index is 2.12. The van der Waals surface area contributed by atoms with Gasteiger partial charge >= 0.3 is 0 Å².